The van der Waals surface area contributed by atoms with Crippen LogP contribution in [0.5, 0.6) is 0 Å². The third-order valence-corrected chi connectivity index (χ3v) is 3.50. The van der Waals surface area contributed by atoms with E-state index >= 15 is 0 Å². The number of aromatic nitrogens is 2. The molecule has 0 atom stereocenters. The molecule has 3 rings (SSSR count). The van der Waals surface area contributed by atoms with Crippen LogP contribution in [0, 0.1) is 19.3 Å². The molecule has 0 amide bonds. The van der Waals surface area contributed by atoms with Gasteiger partial charge >= 0.3 is 0 Å². The Kier molecular flexibility index (Phi) is 3.70. The van der Waals surface area contributed by atoms with E-state index in [0.29, 0.717) is 6.54 Å². The summed E-state index contributed by atoms with van der Waals surface area (Å²) in [5.41, 5.74) is 5.85. The van der Waals surface area contributed by atoms with E-state index in [2.05, 4.69) is 34.4 Å². The first-order valence-electron chi connectivity index (χ1n) is 7.11. The van der Waals surface area contributed by atoms with E-state index in [-0.39, 0.29) is 0 Å². The molecule has 0 saturated carbocycles. The number of benzene rings is 1. The summed E-state index contributed by atoms with van der Waals surface area (Å²) in [5.74, 6) is 2.57. The fraction of sp³-hybridized carbons (Fsp3) is 0.222. The van der Waals surface area contributed by atoms with Gasteiger partial charge in [0.05, 0.1) is 29.0 Å². The van der Waals surface area contributed by atoms with Crippen LogP contribution in [-0.2, 0) is 0 Å². The van der Waals surface area contributed by atoms with Crippen molar-refractivity contribution in [1.82, 2.24) is 9.97 Å². The zero-order valence-corrected chi connectivity index (χ0v) is 12.1. The second-order valence-electron chi connectivity index (χ2n) is 5.06. The fourth-order valence-corrected chi connectivity index (χ4v) is 2.47. The van der Waals surface area contributed by atoms with Gasteiger partial charge in [-0.2, -0.15) is 0 Å². The van der Waals surface area contributed by atoms with Gasteiger partial charge in [-0.1, -0.05) is 24.1 Å². The molecule has 1 aliphatic rings. The monoisotopic (exact) mass is 275 g/mol. The van der Waals surface area contributed by atoms with Crippen molar-refractivity contribution in [3.8, 4) is 12.3 Å². The molecule has 1 aromatic heterocycles. The van der Waals surface area contributed by atoms with E-state index in [1.54, 1.807) is 0 Å². The summed E-state index contributed by atoms with van der Waals surface area (Å²) in [6.45, 7) is 2.51. The molecule has 21 heavy (non-hydrogen) atoms. The normalized spacial score (nSPS) is 13.8. The van der Waals surface area contributed by atoms with Crippen molar-refractivity contribution in [2.45, 2.75) is 19.8 Å². The summed E-state index contributed by atoms with van der Waals surface area (Å²) in [6.07, 6.45) is 14.0. The first kappa shape index (κ1) is 13.4. The highest BCUT2D eigenvalue weighted by Crippen LogP contribution is 2.25. The Morgan fingerprint density at radius 3 is 2.90 bits per heavy atom. The number of hydrogen-bond acceptors (Lipinski definition) is 3. The SMILES string of the molecule is C#CCNc1ccc2nc(C)c(C3=CCCC=C3)nc2c1. The number of nitrogens with one attached hydrogen (secondary N) is 1. The van der Waals surface area contributed by atoms with E-state index in [1.165, 1.54) is 0 Å². The van der Waals surface area contributed by atoms with Crippen molar-refractivity contribution in [3.05, 3.63) is 47.8 Å². The van der Waals surface area contributed by atoms with Crippen LogP contribution in [0.4, 0.5) is 5.69 Å². The maximum absolute atomic E-state index is 5.27. The number of nitrogens with zero attached hydrogens (tertiary/aromatic N) is 2. The van der Waals surface area contributed by atoms with Gasteiger partial charge in [0.25, 0.3) is 0 Å². The van der Waals surface area contributed by atoms with Crippen LogP contribution in [0.15, 0.2) is 36.4 Å². The van der Waals surface area contributed by atoms with Crippen molar-refractivity contribution in [1.29, 1.82) is 0 Å². The molecule has 0 radical (unpaired) electrons. The second kappa shape index (κ2) is 5.80. The van der Waals surface area contributed by atoms with Gasteiger partial charge in [0.15, 0.2) is 0 Å². The molecular weight excluding hydrogens is 258 g/mol. The van der Waals surface area contributed by atoms with Gasteiger partial charge in [0, 0.05) is 5.69 Å². The topological polar surface area (TPSA) is 37.8 Å². The molecule has 2 aromatic rings. The predicted octanol–water partition coefficient (Wildman–Crippen LogP) is 3.72. The van der Waals surface area contributed by atoms with Gasteiger partial charge in [0.2, 0.25) is 0 Å². The Balaban J connectivity index is 2.05. The average Bonchev–Trinajstić information content (AvgIpc) is 2.53. The minimum atomic E-state index is 0.506. The number of terminal acetylenes is 1. The molecule has 0 unspecified atom stereocenters. The van der Waals surface area contributed by atoms with Gasteiger partial charge in [-0.3, -0.25) is 0 Å². The highest BCUT2D eigenvalue weighted by Gasteiger charge is 2.10. The van der Waals surface area contributed by atoms with E-state index < -0.39 is 0 Å². The molecular formula is C18H17N3. The minimum Gasteiger partial charge on any atom is -0.374 e. The largest absolute Gasteiger partial charge is 0.374 e. The summed E-state index contributed by atoms with van der Waals surface area (Å²) in [4.78, 5) is 9.46. The van der Waals surface area contributed by atoms with Crippen LogP contribution in [0.1, 0.15) is 24.2 Å². The fourth-order valence-electron chi connectivity index (χ4n) is 2.47. The van der Waals surface area contributed by atoms with Crippen molar-refractivity contribution in [2.75, 3.05) is 11.9 Å². The molecule has 3 nitrogen and oxygen atoms in total. The first-order chi connectivity index (χ1) is 10.3. The van der Waals surface area contributed by atoms with E-state index in [0.717, 1.165) is 46.5 Å². The standard InChI is InChI=1S/C18H17N3/c1-3-11-19-15-9-10-16-17(12-15)21-18(13(2)20-16)14-7-5-4-6-8-14/h1,5,7-10,12,19H,4,6,11H2,2H3. The van der Waals surface area contributed by atoms with Crippen molar-refractivity contribution >= 4 is 22.3 Å². The van der Waals surface area contributed by atoms with Crippen LogP contribution in [0.2, 0.25) is 0 Å². The second-order valence-corrected chi connectivity index (χ2v) is 5.06. The van der Waals surface area contributed by atoms with Crippen molar-refractivity contribution in [2.24, 2.45) is 0 Å². The minimum absolute atomic E-state index is 0.506. The summed E-state index contributed by atoms with van der Waals surface area (Å²) in [7, 11) is 0. The van der Waals surface area contributed by atoms with Crippen LogP contribution in [-0.4, -0.2) is 16.5 Å². The predicted molar refractivity (Wildman–Crippen MR) is 87.9 cm³/mol. The van der Waals surface area contributed by atoms with Gasteiger partial charge in [-0.15, -0.1) is 6.42 Å². The Hall–Kier alpha value is -2.60. The zero-order chi connectivity index (χ0) is 14.7. The maximum atomic E-state index is 5.27. The molecule has 104 valence electrons. The number of rotatable bonds is 3. The Bertz CT molecular complexity index is 779. The Morgan fingerprint density at radius 2 is 2.14 bits per heavy atom. The van der Waals surface area contributed by atoms with Gasteiger partial charge < -0.3 is 5.32 Å². The molecule has 0 bridgehead atoms. The number of fused-ring (bicyclic) bond motifs is 1. The Labute approximate surface area is 124 Å². The molecule has 0 fully saturated rings. The lowest BCUT2D eigenvalue weighted by molar-refractivity contribution is 1.03. The van der Waals surface area contributed by atoms with E-state index in [4.69, 9.17) is 11.4 Å². The van der Waals surface area contributed by atoms with E-state index in [1.807, 2.05) is 25.1 Å². The van der Waals surface area contributed by atoms with Crippen LogP contribution < -0.4 is 5.32 Å². The average molecular weight is 275 g/mol. The summed E-state index contributed by atoms with van der Waals surface area (Å²) in [5, 5.41) is 3.17. The number of aryl methyl sites for hydroxylation is 1. The van der Waals surface area contributed by atoms with Gasteiger partial charge in [-0.05, 0) is 43.5 Å². The van der Waals surface area contributed by atoms with Crippen LogP contribution in [0.3, 0.4) is 0 Å². The zero-order valence-electron chi connectivity index (χ0n) is 12.1. The molecule has 0 aliphatic heterocycles. The smallest absolute Gasteiger partial charge is 0.0918 e. The van der Waals surface area contributed by atoms with Crippen molar-refractivity contribution in [3.63, 3.8) is 0 Å². The molecule has 3 heteroatoms. The highest BCUT2D eigenvalue weighted by molar-refractivity contribution is 5.83. The molecule has 1 heterocycles. The van der Waals surface area contributed by atoms with Gasteiger partial charge in [-0.25, -0.2) is 9.97 Å². The molecule has 1 aromatic carbocycles. The number of anilines is 1. The van der Waals surface area contributed by atoms with Crippen LogP contribution >= 0.6 is 0 Å². The summed E-state index contributed by atoms with van der Waals surface area (Å²) in [6, 6.07) is 5.95. The molecule has 1 N–H and O–H groups in total. The lowest BCUT2D eigenvalue weighted by atomic mass is 10.0. The van der Waals surface area contributed by atoms with Crippen molar-refractivity contribution < 1.29 is 0 Å². The third kappa shape index (κ3) is 2.80. The summed E-state index contributed by atoms with van der Waals surface area (Å²) < 4.78 is 0. The summed E-state index contributed by atoms with van der Waals surface area (Å²) >= 11 is 0. The lowest BCUT2D eigenvalue weighted by Gasteiger charge is -2.11. The lowest BCUT2D eigenvalue weighted by Crippen LogP contribution is -2.01. The van der Waals surface area contributed by atoms with Crippen LogP contribution in [0.25, 0.3) is 16.6 Å². The third-order valence-electron chi connectivity index (χ3n) is 3.50. The first-order valence-corrected chi connectivity index (χ1v) is 7.11. The highest BCUT2D eigenvalue weighted by atomic mass is 14.9. The molecule has 0 saturated heterocycles. The Morgan fingerprint density at radius 1 is 1.24 bits per heavy atom. The molecule has 1 aliphatic carbocycles. The van der Waals surface area contributed by atoms with Gasteiger partial charge in [0.1, 0.15) is 0 Å². The number of hydrogen-bond donors (Lipinski definition) is 1. The number of allylic oxidation sites excluding steroid dienone is 4. The quantitative estimate of drug-likeness (QED) is 0.868. The van der Waals surface area contributed by atoms with E-state index in [9.17, 15) is 0 Å². The molecule has 0 spiro atoms. The maximum Gasteiger partial charge on any atom is 0.0918 e.